The first-order valence-corrected chi connectivity index (χ1v) is 17.1. The summed E-state index contributed by atoms with van der Waals surface area (Å²) in [6, 6.07) is 3.34. The van der Waals surface area contributed by atoms with Gasteiger partial charge >= 0.3 is 6.16 Å². The number of hydrogen-bond donors (Lipinski definition) is 1. The summed E-state index contributed by atoms with van der Waals surface area (Å²) in [6.45, 7) is 9.58. The lowest BCUT2D eigenvalue weighted by atomic mass is 9.95. The average Bonchev–Trinajstić information content (AvgIpc) is 3.63. The van der Waals surface area contributed by atoms with Crippen LogP contribution < -0.4 is 15.8 Å². The molecule has 0 spiro atoms. The zero-order valence-corrected chi connectivity index (χ0v) is 27.7. The van der Waals surface area contributed by atoms with Gasteiger partial charge in [0.25, 0.3) is 0 Å². The second kappa shape index (κ2) is 15.1. The summed E-state index contributed by atoms with van der Waals surface area (Å²) in [5, 5.41) is 13.3. The lowest BCUT2D eigenvalue weighted by Crippen LogP contribution is -2.43. The molecule has 4 aliphatic heterocycles. The van der Waals surface area contributed by atoms with Gasteiger partial charge in [0.05, 0.1) is 42.6 Å². The predicted octanol–water partition coefficient (Wildman–Crippen LogP) is 5.58. The van der Waals surface area contributed by atoms with Crippen LogP contribution in [0.3, 0.4) is 0 Å². The zero-order valence-electron chi connectivity index (χ0n) is 27.0. The summed E-state index contributed by atoms with van der Waals surface area (Å²) in [6.07, 6.45) is 12.5. The van der Waals surface area contributed by atoms with Crippen LogP contribution in [0.1, 0.15) is 64.7 Å². The van der Waals surface area contributed by atoms with Crippen molar-refractivity contribution in [1.82, 2.24) is 14.8 Å². The van der Waals surface area contributed by atoms with E-state index >= 15 is 4.39 Å². The third-order valence-electron chi connectivity index (χ3n) is 9.23. The van der Waals surface area contributed by atoms with E-state index in [9.17, 15) is 4.79 Å². The minimum Gasteiger partial charge on any atom is -0.435 e. The highest BCUT2D eigenvalue weighted by molar-refractivity contribution is 6.30. The van der Waals surface area contributed by atoms with Crippen LogP contribution in [0.2, 0.25) is 5.02 Å². The molecular weight excluding hydrogens is 625 g/mol. The number of azo groups is 1. The van der Waals surface area contributed by atoms with Gasteiger partial charge in [0.15, 0.2) is 5.82 Å². The molecule has 1 aromatic heterocycles. The zero-order chi connectivity index (χ0) is 32.8. The van der Waals surface area contributed by atoms with Crippen LogP contribution in [-0.2, 0) is 14.2 Å². The molecule has 13 heteroatoms. The van der Waals surface area contributed by atoms with E-state index in [2.05, 4.69) is 37.1 Å². The second-order valence-corrected chi connectivity index (χ2v) is 13.0. The second-order valence-electron chi connectivity index (χ2n) is 12.6. The summed E-state index contributed by atoms with van der Waals surface area (Å²) < 4.78 is 33.3. The largest absolute Gasteiger partial charge is 0.508 e. The molecule has 1 saturated carbocycles. The van der Waals surface area contributed by atoms with Gasteiger partial charge in [0.2, 0.25) is 0 Å². The lowest BCUT2D eigenvalue weighted by Gasteiger charge is -2.33. The van der Waals surface area contributed by atoms with Crippen molar-refractivity contribution in [2.45, 2.75) is 76.4 Å². The van der Waals surface area contributed by atoms with Crippen LogP contribution in [0.5, 0.6) is 0 Å². The van der Waals surface area contributed by atoms with Crippen LogP contribution >= 0.6 is 11.6 Å². The number of ether oxygens (including phenoxy) is 3. The Morgan fingerprint density at radius 2 is 1.96 bits per heavy atom. The van der Waals surface area contributed by atoms with Gasteiger partial charge in [-0.2, -0.15) is 10.2 Å². The van der Waals surface area contributed by atoms with Gasteiger partial charge in [-0.1, -0.05) is 30.9 Å². The smallest absolute Gasteiger partial charge is 0.435 e. The summed E-state index contributed by atoms with van der Waals surface area (Å²) in [5.41, 5.74) is 0.797. The molecule has 1 unspecified atom stereocenters. The molecular formula is C34H43ClFN7O4. The van der Waals surface area contributed by atoms with Crippen LogP contribution in [0.4, 0.5) is 20.6 Å². The minimum atomic E-state index is -0.712. The number of anilines is 1. The molecule has 11 nitrogen and oxygen atoms in total. The van der Waals surface area contributed by atoms with Crippen molar-refractivity contribution in [2.24, 2.45) is 15.2 Å². The van der Waals surface area contributed by atoms with E-state index in [4.69, 9.17) is 25.8 Å². The number of nitrogens with zero attached hydrogens (tertiary/aromatic N) is 6. The maximum absolute atomic E-state index is 16.7. The Morgan fingerprint density at radius 3 is 2.68 bits per heavy atom. The molecule has 1 aromatic carbocycles. The molecule has 0 amide bonds. The SMILES string of the molecule is C1CC1.C=N/C(=c1/cn/c(=c2\cc(Cl)cc3c2=CN=N3)c(F)c1NCOCC12CCCN1CCC2)N1CCCC(OC(=O)OCC)C1. The maximum atomic E-state index is 16.7. The topological polar surface area (TPSA) is 113 Å². The van der Waals surface area contributed by atoms with Crippen molar-refractivity contribution in [2.75, 3.05) is 51.4 Å². The standard InChI is InChI=1S/C31H37ClFN7O4.C3H6/c1-3-43-30(41)44-21-7-4-10-39(17-21)29(34-2)24-15-35-27(22-13-20(32)14-25-23(22)16-37-38-25)26(33)28(24)36-19-42-18-31-8-5-11-40(31)12-6-9-31;1-2-3-1/h13-16,21,36H,2-12,17-19H2,1H3;1-3H2/b27-22+,29-24+;. The molecule has 0 radical (unpaired) electrons. The van der Waals surface area contributed by atoms with E-state index in [-0.39, 0.29) is 29.9 Å². The number of piperidine rings is 1. The minimum absolute atomic E-state index is 0.0678. The Bertz CT molecular complexity index is 1720. The number of fused-ring (bicyclic) bond motifs is 2. The van der Waals surface area contributed by atoms with Crippen molar-refractivity contribution < 1.29 is 23.4 Å². The van der Waals surface area contributed by atoms with Gasteiger partial charge in [-0.15, -0.1) is 0 Å². The van der Waals surface area contributed by atoms with Crippen molar-refractivity contribution >= 4 is 47.9 Å². The maximum Gasteiger partial charge on any atom is 0.508 e. The molecule has 7 rings (SSSR count). The monoisotopic (exact) mass is 667 g/mol. The quantitative estimate of drug-likeness (QED) is 0.160. The van der Waals surface area contributed by atoms with Gasteiger partial charge in [-0.05, 0) is 77.4 Å². The van der Waals surface area contributed by atoms with E-state index in [0.29, 0.717) is 58.3 Å². The van der Waals surface area contributed by atoms with E-state index in [1.165, 1.54) is 32.1 Å². The summed E-state index contributed by atoms with van der Waals surface area (Å²) in [4.78, 5) is 25.3. The number of carbonyl (C=O) groups excluding carboxylic acids is 1. The van der Waals surface area contributed by atoms with Gasteiger partial charge in [0.1, 0.15) is 24.0 Å². The predicted molar refractivity (Wildman–Crippen MR) is 178 cm³/mol. The van der Waals surface area contributed by atoms with Gasteiger partial charge in [0, 0.05) is 33.7 Å². The molecule has 1 N–H and O–H groups in total. The fourth-order valence-corrected chi connectivity index (χ4v) is 7.09. The number of nitrogens with one attached hydrogen (secondary N) is 1. The van der Waals surface area contributed by atoms with Gasteiger partial charge < -0.3 is 24.4 Å². The van der Waals surface area contributed by atoms with Crippen LogP contribution in [0.15, 0.2) is 33.6 Å². The molecule has 252 valence electrons. The number of halogens is 2. The number of likely N-dealkylation sites (tertiary alicyclic amines) is 1. The summed E-state index contributed by atoms with van der Waals surface area (Å²) in [7, 11) is 0. The third kappa shape index (κ3) is 7.60. The molecule has 1 atom stereocenters. The summed E-state index contributed by atoms with van der Waals surface area (Å²) in [5.74, 6) is -0.165. The number of pyridine rings is 1. The lowest BCUT2D eigenvalue weighted by molar-refractivity contribution is 0.00537. The first kappa shape index (κ1) is 33.3. The molecule has 4 fully saturated rings. The van der Waals surface area contributed by atoms with Crippen LogP contribution in [0.25, 0.3) is 12.0 Å². The Hall–Kier alpha value is -3.61. The number of hydrogen-bond acceptors (Lipinski definition) is 11. The number of aliphatic imine (C=N–C) groups is 1. The molecule has 47 heavy (non-hydrogen) atoms. The Kier molecular flexibility index (Phi) is 10.7. The molecule has 3 saturated heterocycles. The van der Waals surface area contributed by atoms with Gasteiger partial charge in [-0.25, -0.2) is 14.2 Å². The number of rotatable bonds is 9. The van der Waals surface area contributed by atoms with Crippen LogP contribution in [0, 0.1) is 16.4 Å². The van der Waals surface area contributed by atoms with Crippen molar-refractivity contribution in [3.05, 3.63) is 50.2 Å². The average molecular weight is 668 g/mol. The number of benzene rings is 1. The third-order valence-corrected chi connectivity index (χ3v) is 9.45. The van der Waals surface area contributed by atoms with Crippen molar-refractivity contribution in [3.63, 3.8) is 0 Å². The Morgan fingerprint density at radius 1 is 1.17 bits per heavy atom. The fraction of sp³-hybridized carbons (Fsp3) is 0.559. The van der Waals surface area contributed by atoms with Crippen molar-refractivity contribution in [1.29, 1.82) is 0 Å². The molecule has 0 bridgehead atoms. The van der Waals surface area contributed by atoms with E-state index < -0.39 is 18.1 Å². The van der Waals surface area contributed by atoms with Gasteiger partial charge in [-0.3, -0.25) is 9.88 Å². The Balaban J connectivity index is 0.00000122. The van der Waals surface area contributed by atoms with E-state index in [1.807, 2.05) is 4.90 Å². The highest BCUT2D eigenvalue weighted by Crippen LogP contribution is 2.38. The molecule has 5 aliphatic rings. The number of aromatic nitrogens is 1. The van der Waals surface area contributed by atoms with Crippen LogP contribution in [-0.4, -0.2) is 85.4 Å². The van der Waals surface area contributed by atoms with Crippen molar-refractivity contribution in [3.8, 4) is 0 Å². The van der Waals surface area contributed by atoms with E-state index in [1.54, 1.807) is 31.5 Å². The van der Waals surface area contributed by atoms with E-state index in [0.717, 1.165) is 32.4 Å². The fourth-order valence-electron chi connectivity index (χ4n) is 6.88. The Labute approximate surface area is 278 Å². The number of carbonyl (C=O) groups is 1. The molecule has 1 aliphatic carbocycles. The normalized spacial score (nSPS) is 21.9. The first-order chi connectivity index (χ1) is 22.9. The summed E-state index contributed by atoms with van der Waals surface area (Å²) >= 11 is 6.37. The highest BCUT2D eigenvalue weighted by Gasteiger charge is 2.44. The highest BCUT2D eigenvalue weighted by atomic mass is 35.5. The first-order valence-electron chi connectivity index (χ1n) is 16.7. The molecule has 2 aromatic rings. The molecule has 5 heterocycles.